The summed E-state index contributed by atoms with van der Waals surface area (Å²) in [4.78, 5) is 36.4. The summed E-state index contributed by atoms with van der Waals surface area (Å²) >= 11 is 0. The van der Waals surface area contributed by atoms with Gasteiger partial charge in [0, 0.05) is 24.6 Å². The summed E-state index contributed by atoms with van der Waals surface area (Å²) < 4.78 is 11.4. The van der Waals surface area contributed by atoms with E-state index in [-0.39, 0.29) is 18.8 Å². The van der Waals surface area contributed by atoms with Gasteiger partial charge in [-0.25, -0.2) is 4.79 Å². The average Bonchev–Trinajstić information content (AvgIpc) is 2.81. The second-order valence-corrected chi connectivity index (χ2v) is 5.03. The summed E-state index contributed by atoms with van der Waals surface area (Å²) in [5.74, 6) is -0.383. The van der Waals surface area contributed by atoms with Crippen LogP contribution in [0.3, 0.4) is 0 Å². The van der Waals surface area contributed by atoms with Gasteiger partial charge in [-0.2, -0.15) is 0 Å². The Kier molecular flexibility index (Phi) is 4.59. The molecule has 1 saturated heterocycles. The van der Waals surface area contributed by atoms with E-state index in [2.05, 4.69) is 9.72 Å². The molecular weight excluding hydrogens is 280 g/mol. The van der Waals surface area contributed by atoms with Crippen LogP contribution in [0.15, 0.2) is 15.8 Å². The highest BCUT2D eigenvalue weighted by Crippen LogP contribution is 2.30. The molecule has 21 heavy (non-hydrogen) atoms. The Labute approximate surface area is 120 Å². The lowest BCUT2D eigenvalue weighted by molar-refractivity contribution is -0.141. The smallest absolute Gasteiger partial charge is 0.330 e. The van der Waals surface area contributed by atoms with Crippen LogP contribution in [0.25, 0.3) is 0 Å². The quantitative estimate of drug-likeness (QED) is 0.721. The van der Waals surface area contributed by atoms with E-state index in [9.17, 15) is 19.5 Å². The lowest BCUT2D eigenvalue weighted by Gasteiger charge is -2.15. The number of carbonyl (C=O) groups excluding carboxylic acids is 1. The molecule has 1 fully saturated rings. The molecule has 8 nitrogen and oxygen atoms in total. The number of aliphatic hydroxyl groups excluding tert-OH is 1. The third-order valence-corrected chi connectivity index (χ3v) is 3.52. The summed E-state index contributed by atoms with van der Waals surface area (Å²) in [6.07, 6.45) is 0.0717. The van der Waals surface area contributed by atoms with Crippen molar-refractivity contribution >= 4 is 5.97 Å². The van der Waals surface area contributed by atoms with Crippen LogP contribution in [0.1, 0.15) is 31.1 Å². The number of esters is 1. The van der Waals surface area contributed by atoms with Crippen molar-refractivity contribution in [2.24, 2.45) is 0 Å². The molecule has 0 aliphatic carbocycles. The Balaban J connectivity index is 2.10. The molecule has 0 spiro atoms. The zero-order chi connectivity index (χ0) is 15.6. The highest BCUT2D eigenvalue weighted by atomic mass is 16.5. The molecule has 2 rings (SSSR count). The normalized spacial score (nSPS) is 25.0. The average molecular weight is 298 g/mol. The molecule has 0 amide bonds. The molecule has 0 aromatic carbocycles. The fraction of sp³-hybridized carbons (Fsp3) is 0.615. The molecule has 1 aromatic heterocycles. The molecule has 2 heterocycles. The van der Waals surface area contributed by atoms with Crippen molar-refractivity contribution < 1.29 is 19.4 Å². The first-order chi connectivity index (χ1) is 9.92. The van der Waals surface area contributed by atoms with E-state index in [1.54, 1.807) is 6.92 Å². The van der Waals surface area contributed by atoms with Gasteiger partial charge in [0.05, 0.1) is 19.3 Å². The van der Waals surface area contributed by atoms with Crippen molar-refractivity contribution in [1.82, 2.24) is 9.55 Å². The molecule has 8 heteroatoms. The number of aryl methyl sites for hydroxylation is 1. The highest BCUT2D eigenvalue weighted by molar-refractivity contribution is 5.69. The number of ether oxygens (including phenoxy) is 2. The zero-order valence-corrected chi connectivity index (χ0v) is 11.9. The number of rotatable bonds is 4. The lowest BCUT2D eigenvalue weighted by Crippen LogP contribution is -2.33. The number of hydrogen-bond donors (Lipinski definition) is 2. The SMILES string of the molecule is COC(=O)CC[C@H]1O[C@@H](n2cc(C)c(=O)[nH]c2=O)CC1O. The summed E-state index contributed by atoms with van der Waals surface area (Å²) in [5.41, 5.74) is -0.654. The largest absolute Gasteiger partial charge is 0.469 e. The molecule has 1 aliphatic heterocycles. The predicted molar refractivity (Wildman–Crippen MR) is 71.8 cm³/mol. The molecule has 1 aliphatic rings. The van der Waals surface area contributed by atoms with Gasteiger partial charge in [-0.3, -0.25) is 19.1 Å². The van der Waals surface area contributed by atoms with Gasteiger partial charge < -0.3 is 14.6 Å². The second-order valence-electron chi connectivity index (χ2n) is 5.03. The predicted octanol–water partition coefficient (Wildman–Crippen LogP) is -0.553. The topological polar surface area (TPSA) is 111 Å². The number of H-pyrrole nitrogens is 1. The maximum atomic E-state index is 11.8. The Bertz CT molecular complexity index is 634. The molecule has 0 bridgehead atoms. The van der Waals surface area contributed by atoms with Gasteiger partial charge in [0.15, 0.2) is 0 Å². The van der Waals surface area contributed by atoms with Crippen LogP contribution in [0.4, 0.5) is 0 Å². The Morgan fingerprint density at radius 2 is 2.29 bits per heavy atom. The molecular formula is C13H18N2O6. The van der Waals surface area contributed by atoms with E-state index >= 15 is 0 Å². The van der Waals surface area contributed by atoms with Gasteiger partial charge in [0.1, 0.15) is 6.23 Å². The molecule has 1 aromatic rings. The summed E-state index contributed by atoms with van der Waals surface area (Å²) in [6, 6.07) is 0. The van der Waals surface area contributed by atoms with E-state index in [1.807, 2.05) is 0 Å². The summed E-state index contributed by atoms with van der Waals surface area (Å²) in [7, 11) is 1.29. The summed E-state index contributed by atoms with van der Waals surface area (Å²) in [6.45, 7) is 1.58. The maximum absolute atomic E-state index is 11.8. The van der Waals surface area contributed by atoms with Crippen LogP contribution in [-0.4, -0.2) is 39.9 Å². The second kappa shape index (κ2) is 6.23. The molecule has 116 valence electrons. The van der Waals surface area contributed by atoms with Crippen molar-refractivity contribution in [3.8, 4) is 0 Å². The van der Waals surface area contributed by atoms with Crippen molar-refractivity contribution in [1.29, 1.82) is 0 Å². The minimum Gasteiger partial charge on any atom is -0.469 e. The van der Waals surface area contributed by atoms with Crippen molar-refractivity contribution in [3.63, 3.8) is 0 Å². The van der Waals surface area contributed by atoms with Gasteiger partial charge >= 0.3 is 11.7 Å². The van der Waals surface area contributed by atoms with Crippen molar-refractivity contribution in [2.45, 2.75) is 44.6 Å². The minimum atomic E-state index is -0.779. The van der Waals surface area contributed by atoms with Crippen molar-refractivity contribution in [2.75, 3.05) is 7.11 Å². The number of carbonyl (C=O) groups is 1. The lowest BCUT2D eigenvalue weighted by atomic mass is 10.1. The number of hydrogen-bond acceptors (Lipinski definition) is 6. The van der Waals surface area contributed by atoms with Gasteiger partial charge in [-0.05, 0) is 13.3 Å². The number of nitrogens with one attached hydrogen (secondary N) is 1. The molecule has 3 atom stereocenters. The van der Waals surface area contributed by atoms with Crippen LogP contribution in [0, 0.1) is 6.92 Å². The number of nitrogens with zero attached hydrogens (tertiary/aromatic N) is 1. The fourth-order valence-electron chi connectivity index (χ4n) is 2.31. The first kappa shape index (κ1) is 15.5. The number of aromatic nitrogens is 2. The summed E-state index contributed by atoms with van der Waals surface area (Å²) in [5, 5.41) is 9.96. The van der Waals surface area contributed by atoms with E-state index < -0.39 is 29.7 Å². The van der Waals surface area contributed by atoms with Crippen LogP contribution in [-0.2, 0) is 14.3 Å². The van der Waals surface area contributed by atoms with Crippen LogP contribution in [0.2, 0.25) is 0 Å². The van der Waals surface area contributed by atoms with Gasteiger partial charge in [0.25, 0.3) is 5.56 Å². The fourth-order valence-corrected chi connectivity index (χ4v) is 2.31. The monoisotopic (exact) mass is 298 g/mol. The van der Waals surface area contributed by atoms with E-state index in [4.69, 9.17) is 4.74 Å². The van der Waals surface area contributed by atoms with E-state index in [1.165, 1.54) is 17.9 Å². The number of aromatic amines is 1. The van der Waals surface area contributed by atoms with E-state index in [0.717, 1.165) is 0 Å². The third-order valence-electron chi connectivity index (χ3n) is 3.52. The molecule has 0 radical (unpaired) electrons. The zero-order valence-electron chi connectivity index (χ0n) is 11.9. The minimum absolute atomic E-state index is 0.129. The Hall–Kier alpha value is -1.93. The maximum Gasteiger partial charge on any atom is 0.330 e. The van der Waals surface area contributed by atoms with Crippen molar-refractivity contribution in [3.05, 3.63) is 32.6 Å². The highest BCUT2D eigenvalue weighted by Gasteiger charge is 2.35. The number of aliphatic hydroxyl groups is 1. The van der Waals surface area contributed by atoms with Crippen LogP contribution in [0.5, 0.6) is 0 Å². The molecule has 2 N–H and O–H groups in total. The van der Waals surface area contributed by atoms with Crippen LogP contribution >= 0.6 is 0 Å². The van der Waals surface area contributed by atoms with E-state index in [0.29, 0.717) is 12.0 Å². The van der Waals surface area contributed by atoms with Gasteiger partial charge in [-0.15, -0.1) is 0 Å². The first-order valence-electron chi connectivity index (χ1n) is 6.64. The van der Waals surface area contributed by atoms with Gasteiger partial charge in [0.2, 0.25) is 0 Å². The molecule has 1 unspecified atom stereocenters. The molecule has 0 saturated carbocycles. The Morgan fingerprint density at radius 1 is 1.57 bits per heavy atom. The van der Waals surface area contributed by atoms with Crippen LogP contribution < -0.4 is 11.2 Å². The first-order valence-corrected chi connectivity index (χ1v) is 6.64. The van der Waals surface area contributed by atoms with Gasteiger partial charge in [-0.1, -0.05) is 0 Å². The number of methoxy groups -OCH3 is 1. The third kappa shape index (κ3) is 3.40. The standard InChI is InChI=1S/C13H18N2O6/c1-7-6-15(13(19)14-12(7)18)10-5-8(16)9(21-10)3-4-11(17)20-2/h6,8-10,16H,3-5H2,1-2H3,(H,14,18,19)/t8?,9-,10-/m1/s1. The Morgan fingerprint density at radius 3 is 2.95 bits per heavy atom.